The largest absolute Gasteiger partial charge is 0.284 e. The predicted octanol–water partition coefficient (Wildman–Crippen LogP) is 6.58. The molecule has 0 radical (unpaired) electrons. The fourth-order valence-corrected chi connectivity index (χ4v) is 4.58. The molecule has 0 saturated carbocycles. The first-order valence-electron chi connectivity index (χ1n) is 11.0. The molecule has 0 fully saturated rings. The van der Waals surface area contributed by atoms with Gasteiger partial charge in [0.05, 0.1) is 17.1 Å². The van der Waals surface area contributed by atoms with Crippen LogP contribution in [0, 0.1) is 6.92 Å². The van der Waals surface area contributed by atoms with Crippen LogP contribution < -0.4 is 10.9 Å². The SMILES string of the molecule is Cc1c(N=Cc2cccc(Cl)c2)/c(=N\Nc2nc(-c3ccccc3)cs2)n(-c2ccccc2)n1C. The van der Waals surface area contributed by atoms with Gasteiger partial charge in [0.25, 0.3) is 0 Å². The highest BCUT2D eigenvalue weighted by atomic mass is 35.5. The van der Waals surface area contributed by atoms with Gasteiger partial charge in [-0.15, -0.1) is 11.3 Å². The average Bonchev–Trinajstić information content (AvgIpc) is 3.45. The van der Waals surface area contributed by atoms with Crippen LogP contribution in [0.15, 0.2) is 100 Å². The molecule has 5 rings (SSSR count). The summed E-state index contributed by atoms with van der Waals surface area (Å²) in [6, 6.07) is 27.8. The first kappa shape index (κ1) is 22.8. The molecule has 2 heterocycles. The molecule has 0 aliphatic carbocycles. The number of benzene rings is 3. The summed E-state index contributed by atoms with van der Waals surface area (Å²) in [6.07, 6.45) is 1.81. The summed E-state index contributed by atoms with van der Waals surface area (Å²) in [4.78, 5) is 9.52. The third-order valence-corrected chi connectivity index (χ3v) is 6.55. The molecule has 0 aliphatic heterocycles. The predicted molar refractivity (Wildman–Crippen MR) is 145 cm³/mol. The van der Waals surface area contributed by atoms with Gasteiger partial charge in [-0.25, -0.2) is 9.67 Å². The Morgan fingerprint density at radius 3 is 2.46 bits per heavy atom. The van der Waals surface area contributed by atoms with Crippen molar-refractivity contribution in [2.75, 3.05) is 5.43 Å². The van der Waals surface area contributed by atoms with E-state index in [0.717, 1.165) is 33.9 Å². The van der Waals surface area contributed by atoms with E-state index in [-0.39, 0.29) is 0 Å². The molecule has 0 unspecified atom stereocenters. The molecular formula is C27H23ClN6S. The highest BCUT2D eigenvalue weighted by Gasteiger charge is 2.14. The normalized spacial score (nSPS) is 11.9. The zero-order valence-corrected chi connectivity index (χ0v) is 20.8. The second-order valence-corrected chi connectivity index (χ2v) is 9.16. The summed E-state index contributed by atoms with van der Waals surface area (Å²) in [5.41, 5.74) is 9.42. The number of rotatable bonds is 6. The topological polar surface area (TPSA) is 59.5 Å². The summed E-state index contributed by atoms with van der Waals surface area (Å²) in [6.45, 7) is 2.03. The Hall–Kier alpha value is -3.94. The Bertz CT molecular complexity index is 1550. The lowest BCUT2D eigenvalue weighted by Crippen LogP contribution is -2.22. The third-order valence-electron chi connectivity index (χ3n) is 5.56. The summed E-state index contributed by atoms with van der Waals surface area (Å²) in [5, 5.41) is 8.16. The van der Waals surface area contributed by atoms with Crippen LogP contribution in [0.4, 0.5) is 10.8 Å². The van der Waals surface area contributed by atoms with E-state index in [4.69, 9.17) is 26.7 Å². The van der Waals surface area contributed by atoms with Crippen molar-refractivity contribution in [2.24, 2.45) is 17.1 Å². The van der Waals surface area contributed by atoms with Crippen molar-refractivity contribution in [3.63, 3.8) is 0 Å². The van der Waals surface area contributed by atoms with Gasteiger partial charge in [0, 0.05) is 29.2 Å². The number of hydrogen-bond donors (Lipinski definition) is 1. The number of anilines is 1. The van der Waals surface area contributed by atoms with Gasteiger partial charge in [-0.1, -0.05) is 72.3 Å². The Morgan fingerprint density at radius 1 is 0.971 bits per heavy atom. The van der Waals surface area contributed by atoms with Crippen molar-refractivity contribution in [2.45, 2.75) is 6.92 Å². The van der Waals surface area contributed by atoms with Crippen molar-refractivity contribution < 1.29 is 0 Å². The number of para-hydroxylation sites is 1. The smallest absolute Gasteiger partial charge is 0.203 e. The van der Waals surface area contributed by atoms with E-state index in [1.165, 1.54) is 11.3 Å². The Morgan fingerprint density at radius 2 is 1.71 bits per heavy atom. The maximum atomic E-state index is 6.16. The molecule has 0 aliphatic rings. The molecule has 2 aromatic heterocycles. The molecule has 3 aromatic carbocycles. The van der Waals surface area contributed by atoms with E-state index in [0.29, 0.717) is 15.6 Å². The number of hydrogen-bond acceptors (Lipinski definition) is 5. The standard InChI is InChI=1S/C27H23ClN6S/c1-19-25(29-17-20-10-9-13-22(28)16-20)26(34(33(19)2)23-14-7-4-8-15-23)31-32-27-30-24(18-35-27)21-11-5-3-6-12-21/h3-18H,1-2H3,(H,30,32)/b29-17?,31-26+. The highest BCUT2D eigenvalue weighted by molar-refractivity contribution is 7.14. The van der Waals surface area contributed by atoms with Crippen LogP contribution in [-0.4, -0.2) is 20.6 Å². The lowest BCUT2D eigenvalue weighted by Gasteiger charge is -2.09. The van der Waals surface area contributed by atoms with Crippen LogP contribution in [0.1, 0.15) is 11.3 Å². The number of nitrogens with zero attached hydrogens (tertiary/aromatic N) is 5. The van der Waals surface area contributed by atoms with Crippen LogP contribution >= 0.6 is 22.9 Å². The number of nitrogens with one attached hydrogen (secondary N) is 1. The van der Waals surface area contributed by atoms with Crippen LogP contribution in [0.25, 0.3) is 16.9 Å². The maximum absolute atomic E-state index is 6.16. The number of aliphatic imine (C=N–C) groups is 1. The van der Waals surface area contributed by atoms with Crippen molar-refractivity contribution in [3.05, 3.63) is 112 Å². The van der Waals surface area contributed by atoms with Crippen LogP contribution in [0.5, 0.6) is 0 Å². The first-order valence-corrected chi connectivity index (χ1v) is 12.3. The Kier molecular flexibility index (Phi) is 6.61. The van der Waals surface area contributed by atoms with Gasteiger partial charge >= 0.3 is 0 Å². The van der Waals surface area contributed by atoms with Crippen molar-refractivity contribution in [1.29, 1.82) is 0 Å². The minimum absolute atomic E-state index is 0.669. The monoisotopic (exact) mass is 498 g/mol. The lowest BCUT2D eigenvalue weighted by atomic mass is 10.2. The molecule has 6 nitrogen and oxygen atoms in total. The van der Waals surface area contributed by atoms with Crippen molar-refractivity contribution >= 4 is 40.0 Å². The van der Waals surface area contributed by atoms with Gasteiger partial charge in [-0.05, 0) is 36.8 Å². The van der Waals surface area contributed by atoms with E-state index >= 15 is 0 Å². The van der Waals surface area contributed by atoms with Crippen LogP contribution in [0.2, 0.25) is 5.02 Å². The van der Waals surface area contributed by atoms with E-state index in [1.54, 1.807) is 6.21 Å². The van der Waals surface area contributed by atoms with Crippen LogP contribution in [-0.2, 0) is 7.05 Å². The Balaban J connectivity index is 1.58. The molecule has 0 atom stereocenters. The maximum Gasteiger partial charge on any atom is 0.203 e. The quantitative estimate of drug-likeness (QED) is 0.212. The minimum atomic E-state index is 0.669. The van der Waals surface area contributed by atoms with E-state index < -0.39 is 0 Å². The zero-order chi connectivity index (χ0) is 24.2. The minimum Gasteiger partial charge on any atom is -0.284 e. The lowest BCUT2D eigenvalue weighted by molar-refractivity contribution is 0.622. The highest BCUT2D eigenvalue weighted by Crippen LogP contribution is 2.25. The van der Waals surface area contributed by atoms with Gasteiger partial charge in [0.2, 0.25) is 5.13 Å². The van der Waals surface area contributed by atoms with Gasteiger partial charge < -0.3 is 0 Å². The number of thiazole rings is 1. The van der Waals surface area contributed by atoms with Crippen molar-refractivity contribution in [1.82, 2.24) is 14.3 Å². The summed E-state index contributed by atoms with van der Waals surface area (Å²) >= 11 is 7.67. The zero-order valence-electron chi connectivity index (χ0n) is 19.3. The third kappa shape index (κ3) is 4.96. The fraction of sp³-hybridized carbons (Fsp3) is 0.0741. The molecule has 174 valence electrons. The first-order chi connectivity index (χ1) is 17.1. The summed E-state index contributed by atoms with van der Waals surface area (Å²) in [7, 11) is 2.00. The van der Waals surface area contributed by atoms with E-state index in [1.807, 2.05) is 114 Å². The fourth-order valence-electron chi connectivity index (χ4n) is 3.72. The van der Waals surface area contributed by atoms with E-state index in [9.17, 15) is 0 Å². The molecule has 35 heavy (non-hydrogen) atoms. The van der Waals surface area contributed by atoms with Gasteiger partial charge in [0.15, 0.2) is 5.49 Å². The van der Waals surface area contributed by atoms with Crippen LogP contribution in [0.3, 0.4) is 0 Å². The average molecular weight is 499 g/mol. The molecule has 8 heteroatoms. The molecular weight excluding hydrogens is 476 g/mol. The number of aromatic nitrogens is 3. The molecule has 5 aromatic rings. The van der Waals surface area contributed by atoms with Gasteiger partial charge in [0.1, 0.15) is 5.69 Å². The van der Waals surface area contributed by atoms with Gasteiger partial charge in [-0.3, -0.25) is 15.1 Å². The second-order valence-electron chi connectivity index (χ2n) is 7.87. The van der Waals surface area contributed by atoms with E-state index in [2.05, 4.69) is 5.43 Å². The molecule has 0 bridgehead atoms. The molecule has 0 spiro atoms. The molecule has 0 saturated heterocycles. The summed E-state index contributed by atoms with van der Waals surface area (Å²) in [5.74, 6) is 0. The second kappa shape index (κ2) is 10.1. The van der Waals surface area contributed by atoms with Gasteiger partial charge in [-0.2, -0.15) is 5.10 Å². The summed E-state index contributed by atoms with van der Waals surface area (Å²) < 4.78 is 4.07. The number of halogens is 1. The van der Waals surface area contributed by atoms with Crippen molar-refractivity contribution in [3.8, 4) is 16.9 Å². The Labute approximate surface area is 212 Å². The molecule has 0 amide bonds. The molecule has 1 N–H and O–H groups in total.